The number of hydrogen-bond donors (Lipinski definition) is 2. The molecule has 228 valence electrons. The largest absolute Gasteiger partial charge is 0.493 e. The first-order valence-electron chi connectivity index (χ1n) is 15.1. The molecule has 4 aliphatic heterocycles. The molecule has 0 amide bonds. The van der Waals surface area contributed by atoms with Gasteiger partial charge in [-0.1, -0.05) is 18.2 Å². The second-order valence-corrected chi connectivity index (χ2v) is 11.5. The molecular formula is C36H38N2O6. The van der Waals surface area contributed by atoms with Crippen molar-refractivity contribution in [2.45, 2.75) is 37.8 Å². The lowest BCUT2D eigenvalue weighted by molar-refractivity contribution is 0.322. The van der Waals surface area contributed by atoms with Gasteiger partial charge in [0.2, 0.25) is 5.75 Å². The van der Waals surface area contributed by atoms with Crippen molar-refractivity contribution in [2.24, 2.45) is 0 Å². The van der Waals surface area contributed by atoms with E-state index >= 15 is 0 Å². The van der Waals surface area contributed by atoms with Gasteiger partial charge in [-0.2, -0.15) is 0 Å². The first kappa shape index (κ1) is 28.4. The average Bonchev–Trinajstić information content (AvgIpc) is 3.05. The maximum absolute atomic E-state index is 6.92. The summed E-state index contributed by atoms with van der Waals surface area (Å²) in [4.78, 5) is 0. The van der Waals surface area contributed by atoms with Gasteiger partial charge in [0.25, 0.3) is 0 Å². The maximum atomic E-state index is 6.92. The summed E-state index contributed by atoms with van der Waals surface area (Å²) in [6.07, 6.45) is 3.27. The van der Waals surface area contributed by atoms with Gasteiger partial charge >= 0.3 is 0 Å². The molecule has 8 heteroatoms. The number of nitrogens with one attached hydrogen (secondary N) is 2. The average molecular weight is 595 g/mol. The van der Waals surface area contributed by atoms with E-state index in [0.717, 1.165) is 54.8 Å². The highest BCUT2D eigenvalue weighted by Gasteiger charge is 2.32. The smallest absolute Gasteiger partial charge is 0.204 e. The molecule has 2 unspecified atom stereocenters. The Balaban J connectivity index is 1.44. The SMILES string of the molecule is COc1ccc2cc1Oc1ccc(cc1)CC1NCCc3cc(OC)c(cc31)Oc1c(OC)c(OC)cc3c1C(C2)NCC3. The summed E-state index contributed by atoms with van der Waals surface area (Å²) >= 11 is 0. The molecule has 0 aromatic heterocycles. The van der Waals surface area contributed by atoms with Gasteiger partial charge in [0, 0.05) is 17.6 Å². The van der Waals surface area contributed by atoms with Crippen molar-refractivity contribution in [1.29, 1.82) is 0 Å². The van der Waals surface area contributed by atoms with Crippen LogP contribution in [0.4, 0.5) is 0 Å². The van der Waals surface area contributed by atoms with Crippen LogP contribution in [0.3, 0.4) is 0 Å². The second-order valence-electron chi connectivity index (χ2n) is 11.5. The molecule has 0 fully saturated rings. The van der Waals surface area contributed by atoms with Crippen molar-refractivity contribution in [1.82, 2.24) is 10.6 Å². The van der Waals surface area contributed by atoms with Gasteiger partial charge in [-0.25, -0.2) is 0 Å². The number of methoxy groups -OCH3 is 4. The molecule has 8 rings (SSSR count). The Labute approximate surface area is 258 Å². The molecule has 6 bridgehead atoms. The topological polar surface area (TPSA) is 79.4 Å². The van der Waals surface area contributed by atoms with E-state index in [1.54, 1.807) is 28.4 Å². The van der Waals surface area contributed by atoms with Crippen molar-refractivity contribution >= 4 is 0 Å². The number of rotatable bonds is 4. The molecule has 8 nitrogen and oxygen atoms in total. The lowest BCUT2D eigenvalue weighted by atomic mass is 9.88. The van der Waals surface area contributed by atoms with Gasteiger partial charge in [0.15, 0.2) is 34.5 Å². The molecule has 0 aliphatic carbocycles. The van der Waals surface area contributed by atoms with E-state index in [0.29, 0.717) is 46.7 Å². The predicted molar refractivity (Wildman–Crippen MR) is 168 cm³/mol. The first-order valence-corrected chi connectivity index (χ1v) is 15.1. The molecule has 2 N–H and O–H groups in total. The van der Waals surface area contributed by atoms with Crippen molar-refractivity contribution in [3.8, 4) is 46.0 Å². The second kappa shape index (κ2) is 11.9. The van der Waals surface area contributed by atoms with Crippen molar-refractivity contribution < 1.29 is 28.4 Å². The minimum atomic E-state index is -0.0500. The number of fused-ring (bicyclic) bond motifs is 2. The minimum absolute atomic E-state index is 0.0500. The third-order valence-electron chi connectivity index (χ3n) is 8.94. The van der Waals surface area contributed by atoms with Crippen LogP contribution < -0.4 is 39.1 Å². The Kier molecular flexibility index (Phi) is 7.70. The Morgan fingerprint density at radius 2 is 1.27 bits per heavy atom. The fourth-order valence-electron chi connectivity index (χ4n) is 6.77. The van der Waals surface area contributed by atoms with E-state index < -0.39 is 0 Å². The highest BCUT2D eigenvalue weighted by molar-refractivity contribution is 5.63. The number of ether oxygens (including phenoxy) is 6. The highest BCUT2D eigenvalue weighted by atomic mass is 16.5. The molecule has 4 aromatic carbocycles. The fraction of sp³-hybridized carbons (Fsp3) is 0.333. The van der Waals surface area contributed by atoms with Crippen LogP contribution in [0.5, 0.6) is 46.0 Å². The highest BCUT2D eigenvalue weighted by Crippen LogP contribution is 2.50. The van der Waals surface area contributed by atoms with E-state index in [-0.39, 0.29) is 12.1 Å². The Morgan fingerprint density at radius 1 is 0.614 bits per heavy atom. The summed E-state index contributed by atoms with van der Waals surface area (Å²) in [5.41, 5.74) is 7.00. The lowest BCUT2D eigenvalue weighted by Gasteiger charge is -2.32. The van der Waals surface area contributed by atoms with Crippen LogP contribution in [-0.4, -0.2) is 41.5 Å². The predicted octanol–water partition coefficient (Wildman–Crippen LogP) is 6.48. The van der Waals surface area contributed by atoms with Gasteiger partial charge in [0.1, 0.15) is 5.75 Å². The zero-order valence-corrected chi connectivity index (χ0v) is 25.6. The van der Waals surface area contributed by atoms with Crippen molar-refractivity contribution in [3.05, 3.63) is 94.0 Å². The molecule has 2 atom stereocenters. The van der Waals surface area contributed by atoms with E-state index in [4.69, 9.17) is 28.4 Å². The monoisotopic (exact) mass is 594 g/mol. The van der Waals surface area contributed by atoms with Gasteiger partial charge < -0.3 is 39.1 Å². The Morgan fingerprint density at radius 3 is 2.02 bits per heavy atom. The summed E-state index contributed by atoms with van der Waals surface area (Å²) in [5, 5.41) is 7.47. The van der Waals surface area contributed by atoms with Gasteiger partial charge in [-0.15, -0.1) is 0 Å². The van der Waals surface area contributed by atoms with Crippen LogP contribution >= 0.6 is 0 Å². The van der Waals surface area contributed by atoms with E-state index in [9.17, 15) is 0 Å². The van der Waals surface area contributed by atoms with Crippen LogP contribution in [0.2, 0.25) is 0 Å². The zero-order chi connectivity index (χ0) is 30.2. The summed E-state index contributed by atoms with van der Waals surface area (Å²) in [6.45, 7) is 1.72. The first-order chi connectivity index (χ1) is 21.6. The summed E-state index contributed by atoms with van der Waals surface area (Å²) in [7, 11) is 6.68. The summed E-state index contributed by atoms with van der Waals surface area (Å²) < 4.78 is 36.7. The van der Waals surface area contributed by atoms with Gasteiger partial charge in [-0.3, -0.25) is 0 Å². The van der Waals surface area contributed by atoms with Crippen LogP contribution in [-0.2, 0) is 25.7 Å². The number of benzene rings is 4. The number of hydrogen-bond acceptors (Lipinski definition) is 8. The van der Waals surface area contributed by atoms with Crippen LogP contribution in [0, 0.1) is 0 Å². The normalized spacial score (nSPS) is 18.5. The lowest BCUT2D eigenvalue weighted by Crippen LogP contribution is -2.32. The van der Waals surface area contributed by atoms with Crippen LogP contribution in [0.25, 0.3) is 0 Å². The molecule has 0 saturated carbocycles. The van der Waals surface area contributed by atoms with Crippen LogP contribution in [0.1, 0.15) is 45.5 Å². The molecule has 44 heavy (non-hydrogen) atoms. The van der Waals surface area contributed by atoms with Gasteiger partial charge in [0.05, 0.1) is 28.4 Å². The third kappa shape index (κ3) is 5.18. The fourth-order valence-corrected chi connectivity index (χ4v) is 6.77. The standard InChI is InChI=1S/C36H38N2O6/c1-39-29-10-7-22-16-28-34-24(12-14-38-28)19-33(41-3)35(42-4)36(34)44-32-20-26-23(18-30(32)40-2)11-13-37-27(26)15-21-5-8-25(9-6-21)43-31(29)17-22/h5-10,17-20,27-28,37-38H,11-16H2,1-4H3. The molecule has 4 heterocycles. The summed E-state index contributed by atoms with van der Waals surface area (Å²) in [6, 6.07) is 20.8. The van der Waals surface area contributed by atoms with Crippen molar-refractivity contribution in [3.63, 3.8) is 0 Å². The molecule has 4 aliphatic rings. The Hall–Kier alpha value is -4.40. The minimum Gasteiger partial charge on any atom is -0.493 e. The van der Waals surface area contributed by atoms with Gasteiger partial charge in [-0.05, 0) is 109 Å². The zero-order valence-electron chi connectivity index (χ0n) is 25.6. The van der Waals surface area contributed by atoms with E-state index in [1.165, 1.54) is 16.7 Å². The molecule has 0 spiro atoms. The summed E-state index contributed by atoms with van der Waals surface area (Å²) in [5.74, 6) is 5.31. The van der Waals surface area contributed by atoms with E-state index in [2.05, 4.69) is 53.1 Å². The Bertz CT molecular complexity index is 1690. The maximum Gasteiger partial charge on any atom is 0.204 e. The molecular weight excluding hydrogens is 556 g/mol. The van der Waals surface area contributed by atoms with Crippen LogP contribution in [0.15, 0.2) is 60.7 Å². The molecule has 0 radical (unpaired) electrons. The quantitative estimate of drug-likeness (QED) is 0.278. The third-order valence-corrected chi connectivity index (χ3v) is 8.94. The molecule has 0 saturated heterocycles. The van der Waals surface area contributed by atoms with Crippen molar-refractivity contribution in [2.75, 3.05) is 41.5 Å². The van der Waals surface area contributed by atoms with E-state index in [1.807, 2.05) is 18.2 Å². The molecule has 4 aromatic rings.